The summed E-state index contributed by atoms with van der Waals surface area (Å²) in [5.74, 6) is -4.89. The van der Waals surface area contributed by atoms with Gasteiger partial charge in [-0.1, -0.05) is 24.3 Å². The van der Waals surface area contributed by atoms with Crippen LogP contribution in [0.2, 0.25) is 0 Å². The molecule has 1 amide bonds. The highest BCUT2D eigenvalue weighted by molar-refractivity contribution is 5.78. The number of amides is 1. The number of carboxylic acids is 2. The topological polar surface area (TPSA) is 120 Å². The molecule has 1 saturated heterocycles. The third kappa shape index (κ3) is 9.43. The molecule has 2 aromatic rings. The van der Waals surface area contributed by atoms with E-state index in [0.29, 0.717) is 18.4 Å². The maximum absolute atomic E-state index is 12.5. The van der Waals surface area contributed by atoms with Gasteiger partial charge in [-0.25, -0.2) is 9.59 Å². The summed E-state index contributed by atoms with van der Waals surface area (Å²) in [7, 11) is 0. The molecule has 3 aliphatic rings. The molecule has 0 radical (unpaired) electrons. The Morgan fingerprint density at radius 3 is 1.93 bits per heavy atom. The first-order valence-electron chi connectivity index (χ1n) is 13.2. The monoisotopic (exact) mass is 603 g/mol. The van der Waals surface area contributed by atoms with Gasteiger partial charge in [0.1, 0.15) is 0 Å². The smallest absolute Gasteiger partial charge is 0.475 e. The molecule has 2 heterocycles. The first-order chi connectivity index (χ1) is 19.6. The second-order valence-electron chi connectivity index (χ2n) is 10.6. The fourth-order valence-electron chi connectivity index (χ4n) is 5.31. The molecule has 1 aromatic heterocycles. The maximum atomic E-state index is 12.5. The molecule has 1 unspecified atom stereocenters. The van der Waals surface area contributed by atoms with E-state index in [1.54, 1.807) is 0 Å². The van der Waals surface area contributed by atoms with E-state index in [2.05, 4.69) is 51.6 Å². The van der Waals surface area contributed by atoms with Crippen molar-refractivity contribution in [3.63, 3.8) is 0 Å². The van der Waals surface area contributed by atoms with Gasteiger partial charge < -0.3 is 15.5 Å². The summed E-state index contributed by atoms with van der Waals surface area (Å²) < 4.78 is 63.5. The molecule has 0 bridgehead atoms. The summed E-state index contributed by atoms with van der Waals surface area (Å²) in [5.41, 5.74) is 4.54. The minimum Gasteiger partial charge on any atom is -0.475 e. The molecule has 1 spiro atoms. The van der Waals surface area contributed by atoms with Crippen LogP contribution in [0.1, 0.15) is 61.1 Å². The van der Waals surface area contributed by atoms with Gasteiger partial charge in [-0.05, 0) is 85.3 Å². The molecule has 1 saturated carbocycles. The van der Waals surface area contributed by atoms with Crippen LogP contribution in [0.15, 0.2) is 48.8 Å². The Labute approximate surface area is 237 Å². The highest BCUT2D eigenvalue weighted by Crippen LogP contribution is 2.52. The fourth-order valence-corrected chi connectivity index (χ4v) is 5.31. The van der Waals surface area contributed by atoms with Crippen molar-refractivity contribution in [1.29, 1.82) is 0 Å². The number of nitrogens with zero attached hydrogens (tertiary/aromatic N) is 2. The normalized spacial score (nSPS) is 19.4. The number of hydrogen-bond donors (Lipinski definition) is 3. The van der Waals surface area contributed by atoms with Gasteiger partial charge in [0.15, 0.2) is 0 Å². The second-order valence-corrected chi connectivity index (χ2v) is 10.6. The predicted molar refractivity (Wildman–Crippen MR) is 137 cm³/mol. The number of rotatable bonds is 5. The summed E-state index contributed by atoms with van der Waals surface area (Å²) in [6.07, 6.45) is 0.0697. The van der Waals surface area contributed by atoms with Crippen molar-refractivity contribution in [1.82, 2.24) is 15.2 Å². The Hall–Kier alpha value is -3.68. The van der Waals surface area contributed by atoms with E-state index in [0.717, 1.165) is 38.9 Å². The Bertz CT molecular complexity index is 1200. The number of hydrogen-bond acceptors (Lipinski definition) is 5. The van der Waals surface area contributed by atoms with Gasteiger partial charge in [-0.2, -0.15) is 26.3 Å². The number of halogens is 6. The molecule has 1 aliphatic heterocycles. The minimum absolute atomic E-state index is 0.245. The molecule has 1 aromatic carbocycles. The first kappa shape index (κ1) is 32.8. The molecule has 1 atom stereocenters. The van der Waals surface area contributed by atoms with Crippen molar-refractivity contribution in [3.05, 3.63) is 65.5 Å². The van der Waals surface area contributed by atoms with E-state index in [9.17, 15) is 31.1 Å². The summed E-state index contributed by atoms with van der Waals surface area (Å²) >= 11 is 0. The molecule has 230 valence electrons. The number of piperidine rings is 1. The summed E-state index contributed by atoms with van der Waals surface area (Å²) in [5, 5.41) is 17.4. The number of carbonyl (C=O) groups is 3. The highest BCUT2D eigenvalue weighted by Gasteiger charge is 2.45. The zero-order chi connectivity index (χ0) is 31.1. The molecular formula is C28H31F6N3O5. The van der Waals surface area contributed by atoms with Crippen LogP contribution in [-0.4, -0.2) is 69.4 Å². The largest absolute Gasteiger partial charge is 0.490 e. The Balaban J connectivity index is 0.000000289. The van der Waals surface area contributed by atoms with Crippen LogP contribution in [-0.2, 0) is 26.3 Å². The van der Waals surface area contributed by atoms with Crippen molar-refractivity contribution in [3.8, 4) is 0 Å². The second kappa shape index (κ2) is 13.5. The highest BCUT2D eigenvalue weighted by atomic mass is 19.4. The van der Waals surface area contributed by atoms with Crippen LogP contribution < -0.4 is 5.32 Å². The van der Waals surface area contributed by atoms with Gasteiger partial charge in [0.05, 0.1) is 0 Å². The lowest BCUT2D eigenvalue weighted by Gasteiger charge is -2.40. The Kier molecular flexibility index (Phi) is 10.6. The minimum atomic E-state index is -5.08. The molecule has 42 heavy (non-hydrogen) atoms. The number of benzene rings is 1. The number of alkyl halides is 6. The average molecular weight is 604 g/mol. The summed E-state index contributed by atoms with van der Waals surface area (Å²) in [6.45, 7) is 3.25. The number of pyridine rings is 1. The average Bonchev–Trinajstić information content (AvgIpc) is 3.68. The predicted octanol–water partition coefficient (Wildman–Crippen LogP) is 5.04. The number of aromatic nitrogens is 1. The van der Waals surface area contributed by atoms with E-state index in [1.807, 2.05) is 12.4 Å². The Morgan fingerprint density at radius 1 is 0.905 bits per heavy atom. The van der Waals surface area contributed by atoms with E-state index in [1.165, 1.54) is 29.5 Å². The number of fused-ring (bicyclic) bond motifs is 2. The summed E-state index contributed by atoms with van der Waals surface area (Å²) in [4.78, 5) is 36.9. The zero-order valence-electron chi connectivity index (χ0n) is 22.4. The van der Waals surface area contributed by atoms with Crippen LogP contribution in [0.25, 0.3) is 0 Å². The first-order valence-corrected chi connectivity index (χ1v) is 13.2. The van der Waals surface area contributed by atoms with Crippen molar-refractivity contribution >= 4 is 17.8 Å². The third-order valence-electron chi connectivity index (χ3n) is 7.44. The molecule has 3 N–H and O–H groups in total. The molecule has 5 rings (SSSR count). The number of carbonyl (C=O) groups excluding carboxylic acids is 1. The SMILES string of the molecule is O=C(CC1CC2(CCN(Cc3ccncc3)CC2)c2ccccc21)NC1CC1.O=C(O)C(F)(F)F.O=C(O)C(F)(F)F. The summed E-state index contributed by atoms with van der Waals surface area (Å²) in [6, 6.07) is 13.6. The van der Waals surface area contributed by atoms with Crippen molar-refractivity contribution in [2.45, 2.75) is 74.8 Å². The number of nitrogens with one attached hydrogen (secondary N) is 1. The lowest BCUT2D eigenvalue weighted by Crippen LogP contribution is -2.41. The number of aliphatic carboxylic acids is 2. The van der Waals surface area contributed by atoms with Crippen LogP contribution >= 0.6 is 0 Å². The van der Waals surface area contributed by atoms with Gasteiger partial charge in [0.2, 0.25) is 5.91 Å². The maximum Gasteiger partial charge on any atom is 0.490 e. The molecular weight excluding hydrogens is 572 g/mol. The number of likely N-dealkylation sites (tertiary alicyclic amines) is 1. The van der Waals surface area contributed by atoms with Crippen LogP contribution in [0, 0.1) is 0 Å². The lowest BCUT2D eigenvalue weighted by molar-refractivity contribution is -0.193. The Morgan fingerprint density at radius 2 is 1.43 bits per heavy atom. The van der Waals surface area contributed by atoms with Crippen molar-refractivity contribution in [2.75, 3.05) is 13.1 Å². The van der Waals surface area contributed by atoms with Gasteiger partial charge in [0, 0.05) is 31.4 Å². The molecule has 2 fully saturated rings. The zero-order valence-corrected chi connectivity index (χ0v) is 22.4. The third-order valence-corrected chi connectivity index (χ3v) is 7.44. The molecule has 2 aliphatic carbocycles. The van der Waals surface area contributed by atoms with Crippen LogP contribution in [0.4, 0.5) is 26.3 Å². The van der Waals surface area contributed by atoms with Crippen molar-refractivity contribution in [2.24, 2.45) is 0 Å². The van der Waals surface area contributed by atoms with Gasteiger partial charge >= 0.3 is 24.3 Å². The standard InChI is InChI=1S/C24H29N3O.2C2HF3O2/c28-23(26-20-5-6-20)15-19-16-24(22-4-2-1-3-21(19)22)9-13-27(14-10-24)17-18-7-11-25-12-8-18;2*3-2(4,5)1(6)7/h1-4,7-8,11-12,19-20H,5-6,9-10,13-17H2,(H,26,28);2*(H,6,7). The van der Waals surface area contributed by atoms with E-state index in [4.69, 9.17) is 19.8 Å². The quantitative estimate of drug-likeness (QED) is 0.410. The van der Waals surface area contributed by atoms with Gasteiger partial charge in [0.25, 0.3) is 0 Å². The van der Waals surface area contributed by atoms with Gasteiger partial charge in [-0.3, -0.25) is 14.7 Å². The van der Waals surface area contributed by atoms with Crippen LogP contribution in [0.5, 0.6) is 0 Å². The molecule has 14 heteroatoms. The fraction of sp³-hybridized carbons (Fsp3) is 0.500. The van der Waals surface area contributed by atoms with Crippen molar-refractivity contribution < 1.29 is 50.9 Å². The van der Waals surface area contributed by atoms with Crippen LogP contribution in [0.3, 0.4) is 0 Å². The van der Waals surface area contributed by atoms with E-state index in [-0.39, 0.29) is 11.3 Å². The van der Waals surface area contributed by atoms with E-state index < -0.39 is 24.3 Å². The van der Waals surface area contributed by atoms with Gasteiger partial charge in [-0.15, -0.1) is 0 Å². The van der Waals surface area contributed by atoms with E-state index >= 15 is 0 Å². The lowest BCUT2D eigenvalue weighted by atomic mass is 9.73. The molecule has 8 nitrogen and oxygen atoms in total. The number of carboxylic acid groups (broad SMARTS) is 2.